The van der Waals surface area contributed by atoms with E-state index in [1.807, 2.05) is 31.2 Å². The first kappa shape index (κ1) is 25.4. The highest BCUT2D eigenvalue weighted by molar-refractivity contribution is 6.46. The number of likely N-dealkylation sites (tertiary alicyclic amines) is 1. The predicted molar refractivity (Wildman–Crippen MR) is 137 cm³/mol. The van der Waals surface area contributed by atoms with Crippen LogP contribution in [0.15, 0.2) is 72.3 Å². The van der Waals surface area contributed by atoms with Crippen molar-refractivity contribution in [1.82, 2.24) is 4.90 Å². The summed E-state index contributed by atoms with van der Waals surface area (Å²) in [6, 6.07) is 17.2. The van der Waals surface area contributed by atoms with E-state index in [4.69, 9.17) is 9.47 Å². The molecule has 1 fully saturated rings. The SMILES string of the molecule is COc1ccc(CCN2C(=O)C(=O)/C(=C(\O)c3cccc([N+](=O)[O-])c3)C2c2cccc(C)c2)cc1OC. The number of aliphatic hydroxyl groups is 1. The molecule has 1 saturated heterocycles. The van der Waals surface area contributed by atoms with Gasteiger partial charge in [-0.1, -0.05) is 48.0 Å². The Morgan fingerprint density at radius 2 is 1.73 bits per heavy atom. The van der Waals surface area contributed by atoms with Gasteiger partial charge in [-0.2, -0.15) is 0 Å². The summed E-state index contributed by atoms with van der Waals surface area (Å²) < 4.78 is 10.6. The number of hydrogen-bond acceptors (Lipinski definition) is 7. The maximum absolute atomic E-state index is 13.2. The third-order valence-corrected chi connectivity index (χ3v) is 6.32. The summed E-state index contributed by atoms with van der Waals surface area (Å²) >= 11 is 0. The number of nitro groups is 1. The Bertz CT molecular complexity index is 1410. The van der Waals surface area contributed by atoms with Crippen molar-refractivity contribution in [3.05, 3.63) is 105 Å². The number of aliphatic hydroxyl groups excluding tert-OH is 1. The van der Waals surface area contributed by atoms with Gasteiger partial charge >= 0.3 is 0 Å². The van der Waals surface area contributed by atoms with Crippen LogP contribution in [0.25, 0.3) is 5.76 Å². The van der Waals surface area contributed by atoms with Crippen molar-refractivity contribution in [2.24, 2.45) is 0 Å². The normalized spacial score (nSPS) is 16.6. The number of benzene rings is 3. The van der Waals surface area contributed by atoms with Crippen molar-refractivity contribution >= 4 is 23.1 Å². The zero-order valence-electron chi connectivity index (χ0n) is 20.6. The fraction of sp³-hybridized carbons (Fsp3) is 0.214. The Labute approximate surface area is 213 Å². The number of ketones is 1. The molecule has 9 heteroatoms. The molecule has 1 N–H and O–H groups in total. The first-order valence-corrected chi connectivity index (χ1v) is 11.6. The zero-order chi connectivity index (χ0) is 26.7. The van der Waals surface area contributed by atoms with E-state index in [0.717, 1.165) is 11.1 Å². The molecule has 4 rings (SSSR count). The van der Waals surface area contributed by atoms with Crippen LogP contribution in [0.5, 0.6) is 11.5 Å². The number of nitro benzene ring substituents is 1. The van der Waals surface area contributed by atoms with Crippen molar-refractivity contribution in [2.75, 3.05) is 20.8 Å². The molecule has 190 valence electrons. The molecule has 37 heavy (non-hydrogen) atoms. The van der Waals surface area contributed by atoms with Gasteiger partial charge in [0, 0.05) is 24.2 Å². The maximum atomic E-state index is 13.2. The van der Waals surface area contributed by atoms with E-state index in [2.05, 4.69) is 0 Å². The molecule has 1 aliphatic rings. The van der Waals surface area contributed by atoms with Gasteiger partial charge in [0.05, 0.1) is 30.8 Å². The number of carbonyl (C=O) groups is 2. The van der Waals surface area contributed by atoms with Gasteiger partial charge < -0.3 is 19.5 Å². The van der Waals surface area contributed by atoms with Crippen LogP contribution >= 0.6 is 0 Å². The topological polar surface area (TPSA) is 119 Å². The predicted octanol–water partition coefficient (Wildman–Crippen LogP) is 4.58. The van der Waals surface area contributed by atoms with Gasteiger partial charge in [-0.25, -0.2) is 0 Å². The summed E-state index contributed by atoms with van der Waals surface area (Å²) in [5.74, 6) is -0.935. The molecule has 0 aromatic heterocycles. The number of non-ortho nitro benzene ring substituents is 1. The van der Waals surface area contributed by atoms with E-state index in [9.17, 15) is 24.8 Å². The Kier molecular flexibility index (Phi) is 7.24. The van der Waals surface area contributed by atoms with Gasteiger partial charge in [0.1, 0.15) is 5.76 Å². The van der Waals surface area contributed by atoms with E-state index in [0.29, 0.717) is 23.5 Å². The molecule has 0 aliphatic carbocycles. The monoisotopic (exact) mass is 502 g/mol. The molecule has 1 heterocycles. The lowest BCUT2D eigenvalue weighted by atomic mass is 9.94. The summed E-state index contributed by atoms with van der Waals surface area (Å²) in [4.78, 5) is 38.5. The number of carbonyl (C=O) groups excluding carboxylic acids is 2. The Balaban J connectivity index is 1.77. The van der Waals surface area contributed by atoms with Crippen LogP contribution < -0.4 is 9.47 Å². The van der Waals surface area contributed by atoms with E-state index in [-0.39, 0.29) is 23.4 Å². The summed E-state index contributed by atoms with van der Waals surface area (Å²) in [5, 5.41) is 22.4. The lowest BCUT2D eigenvalue weighted by Gasteiger charge is -2.26. The Hall–Kier alpha value is -4.66. The number of nitrogens with zero attached hydrogens (tertiary/aromatic N) is 2. The molecular weight excluding hydrogens is 476 g/mol. The van der Waals surface area contributed by atoms with Crippen LogP contribution in [0.3, 0.4) is 0 Å². The quantitative estimate of drug-likeness (QED) is 0.157. The van der Waals surface area contributed by atoms with E-state index in [1.165, 1.54) is 36.3 Å². The molecule has 1 amide bonds. The number of amides is 1. The molecular formula is C28H26N2O7. The fourth-order valence-corrected chi connectivity index (χ4v) is 4.51. The van der Waals surface area contributed by atoms with Gasteiger partial charge in [0.2, 0.25) is 0 Å². The van der Waals surface area contributed by atoms with Crippen LogP contribution in [-0.4, -0.2) is 47.4 Å². The Morgan fingerprint density at radius 1 is 1.00 bits per heavy atom. The molecule has 0 saturated carbocycles. The van der Waals surface area contributed by atoms with Crippen molar-refractivity contribution in [3.8, 4) is 11.5 Å². The minimum absolute atomic E-state index is 0.0877. The molecule has 0 radical (unpaired) electrons. The van der Waals surface area contributed by atoms with Crippen LogP contribution in [0.4, 0.5) is 5.69 Å². The van der Waals surface area contributed by atoms with Crippen LogP contribution in [0.1, 0.15) is 28.3 Å². The largest absolute Gasteiger partial charge is 0.507 e. The van der Waals surface area contributed by atoms with Gasteiger partial charge in [-0.15, -0.1) is 0 Å². The van der Waals surface area contributed by atoms with Gasteiger partial charge in [0.15, 0.2) is 11.5 Å². The van der Waals surface area contributed by atoms with E-state index >= 15 is 0 Å². The number of Topliss-reactive ketones (excluding diaryl/α,β-unsaturated/α-hetero) is 1. The molecule has 0 spiro atoms. The Morgan fingerprint density at radius 3 is 2.41 bits per heavy atom. The van der Waals surface area contributed by atoms with E-state index < -0.39 is 28.4 Å². The minimum Gasteiger partial charge on any atom is -0.507 e. The lowest BCUT2D eigenvalue weighted by Crippen LogP contribution is -2.31. The molecule has 3 aromatic carbocycles. The first-order chi connectivity index (χ1) is 17.7. The number of aryl methyl sites for hydroxylation is 1. The zero-order valence-corrected chi connectivity index (χ0v) is 20.6. The van der Waals surface area contributed by atoms with Gasteiger partial charge in [-0.3, -0.25) is 19.7 Å². The van der Waals surface area contributed by atoms with Crippen molar-refractivity contribution in [1.29, 1.82) is 0 Å². The summed E-state index contributed by atoms with van der Waals surface area (Å²) in [6.07, 6.45) is 0.409. The number of methoxy groups -OCH3 is 2. The third kappa shape index (κ3) is 5.02. The number of rotatable bonds is 8. The van der Waals surface area contributed by atoms with Gasteiger partial charge in [-0.05, 0) is 36.6 Å². The van der Waals surface area contributed by atoms with E-state index in [1.54, 1.807) is 25.3 Å². The molecule has 1 atom stereocenters. The van der Waals surface area contributed by atoms with Crippen molar-refractivity contribution < 1.29 is 29.1 Å². The summed E-state index contributed by atoms with van der Waals surface area (Å²) in [6.45, 7) is 2.07. The molecule has 1 unspecified atom stereocenters. The highest BCUT2D eigenvalue weighted by Crippen LogP contribution is 2.40. The second kappa shape index (κ2) is 10.5. The molecule has 0 bridgehead atoms. The molecule has 9 nitrogen and oxygen atoms in total. The first-order valence-electron chi connectivity index (χ1n) is 11.6. The summed E-state index contributed by atoms with van der Waals surface area (Å²) in [7, 11) is 3.08. The van der Waals surface area contributed by atoms with Crippen LogP contribution in [0, 0.1) is 17.0 Å². The molecule has 3 aromatic rings. The minimum atomic E-state index is -0.862. The highest BCUT2D eigenvalue weighted by Gasteiger charge is 2.46. The summed E-state index contributed by atoms with van der Waals surface area (Å²) in [5.41, 5.74) is 2.17. The lowest BCUT2D eigenvalue weighted by molar-refractivity contribution is -0.384. The van der Waals surface area contributed by atoms with Crippen LogP contribution in [0.2, 0.25) is 0 Å². The average molecular weight is 503 g/mol. The standard InChI is InChI=1S/C28H26N2O7/c1-17-6-4-7-19(14-17)25-24(26(31)20-8-5-9-21(16-20)30(34)35)27(32)28(33)29(25)13-12-18-10-11-22(36-2)23(15-18)37-3/h4-11,14-16,25,31H,12-13H2,1-3H3/b26-24-. The third-order valence-electron chi connectivity index (χ3n) is 6.32. The van der Waals surface area contributed by atoms with Crippen molar-refractivity contribution in [2.45, 2.75) is 19.4 Å². The van der Waals surface area contributed by atoms with Crippen molar-refractivity contribution in [3.63, 3.8) is 0 Å². The number of ether oxygens (including phenoxy) is 2. The van der Waals surface area contributed by atoms with Gasteiger partial charge in [0.25, 0.3) is 17.4 Å². The molecule has 1 aliphatic heterocycles. The number of hydrogen-bond donors (Lipinski definition) is 1. The fourth-order valence-electron chi connectivity index (χ4n) is 4.51. The second-order valence-corrected chi connectivity index (χ2v) is 8.65. The smallest absolute Gasteiger partial charge is 0.295 e. The maximum Gasteiger partial charge on any atom is 0.295 e. The second-order valence-electron chi connectivity index (χ2n) is 8.65. The average Bonchev–Trinajstić information content (AvgIpc) is 3.16. The highest BCUT2D eigenvalue weighted by atomic mass is 16.6. The van der Waals surface area contributed by atoms with Crippen LogP contribution in [-0.2, 0) is 16.0 Å².